The van der Waals surface area contributed by atoms with Gasteiger partial charge < -0.3 is 5.73 Å². The Balaban J connectivity index is 2.17. The number of likely N-dealkylation sites (tertiary alicyclic amines) is 1. The number of aryl methyl sites for hydroxylation is 1. The summed E-state index contributed by atoms with van der Waals surface area (Å²) in [5.74, 6) is 0.822. The molecule has 2 heterocycles. The minimum atomic E-state index is 0.211. The second-order valence-corrected chi connectivity index (χ2v) is 6.46. The smallest absolute Gasteiger partial charge is 0.0590 e. The number of hydrogen-bond acceptors (Lipinski definition) is 3. The fraction of sp³-hybridized carbons (Fsp3) is 0.692. The molecule has 90 valence electrons. The molecule has 0 aromatic carbocycles. The van der Waals surface area contributed by atoms with Gasteiger partial charge in [-0.2, -0.15) is 0 Å². The molecule has 1 aromatic rings. The lowest BCUT2D eigenvalue weighted by Crippen LogP contribution is -2.37. The molecule has 0 spiro atoms. The lowest BCUT2D eigenvalue weighted by atomic mass is 10.1. The average Bonchev–Trinajstić information content (AvgIpc) is 2.76. The first-order valence-electron chi connectivity index (χ1n) is 6.14. The van der Waals surface area contributed by atoms with Gasteiger partial charge in [0.25, 0.3) is 0 Å². The van der Waals surface area contributed by atoms with Gasteiger partial charge >= 0.3 is 0 Å². The van der Waals surface area contributed by atoms with Crippen LogP contribution in [-0.4, -0.2) is 24.0 Å². The maximum Gasteiger partial charge on any atom is 0.0590 e. The summed E-state index contributed by atoms with van der Waals surface area (Å²) in [5, 5.41) is 0. The van der Waals surface area contributed by atoms with E-state index in [1.807, 2.05) is 11.3 Å². The molecule has 1 fully saturated rings. The quantitative estimate of drug-likeness (QED) is 0.877. The van der Waals surface area contributed by atoms with Crippen LogP contribution >= 0.6 is 11.3 Å². The Morgan fingerprint density at radius 2 is 2.25 bits per heavy atom. The summed E-state index contributed by atoms with van der Waals surface area (Å²) in [5.41, 5.74) is 6.17. The summed E-state index contributed by atoms with van der Waals surface area (Å²) in [6.07, 6.45) is 1.31. The largest absolute Gasteiger partial charge is 0.326 e. The van der Waals surface area contributed by atoms with Crippen LogP contribution in [0.1, 0.15) is 36.1 Å². The van der Waals surface area contributed by atoms with Crippen LogP contribution in [0.4, 0.5) is 0 Å². The van der Waals surface area contributed by atoms with E-state index in [4.69, 9.17) is 5.73 Å². The van der Waals surface area contributed by atoms with E-state index in [1.54, 1.807) is 0 Å². The molecule has 0 radical (unpaired) electrons. The average molecular weight is 238 g/mol. The monoisotopic (exact) mass is 238 g/mol. The molecule has 1 aliphatic rings. The summed E-state index contributed by atoms with van der Waals surface area (Å²) in [6.45, 7) is 9.02. The van der Waals surface area contributed by atoms with Crippen molar-refractivity contribution in [1.29, 1.82) is 0 Å². The highest BCUT2D eigenvalue weighted by Crippen LogP contribution is 2.33. The Kier molecular flexibility index (Phi) is 3.67. The number of nitrogens with two attached hydrogens (primary N) is 1. The molecular formula is C13H22N2S. The van der Waals surface area contributed by atoms with Gasteiger partial charge in [-0.1, -0.05) is 6.92 Å². The van der Waals surface area contributed by atoms with Gasteiger partial charge in [0.05, 0.1) is 6.04 Å². The fourth-order valence-corrected chi connectivity index (χ4v) is 3.73. The van der Waals surface area contributed by atoms with Crippen LogP contribution in [0.2, 0.25) is 0 Å². The molecule has 0 bridgehead atoms. The van der Waals surface area contributed by atoms with Crippen molar-refractivity contribution in [3.8, 4) is 0 Å². The van der Waals surface area contributed by atoms with Crippen molar-refractivity contribution in [1.82, 2.24) is 4.90 Å². The number of nitrogens with zero attached hydrogens (tertiary/aromatic N) is 1. The Morgan fingerprint density at radius 3 is 2.69 bits per heavy atom. The summed E-state index contributed by atoms with van der Waals surface area (Å²) in [7, 11) is 0. The Hall–Kier alpha value is -0.380. The standard InChI is InChI=1S/C13H22N2S/c1-9-6-7-15(8-9)13(11(3)14)12-5-4-10(2)16-12/h4-5,9,11,13H,6-8,14H2,1-3H3. The molecule has 1 aromatic heterocycles. The molecule has 0 saturated carbocycles. The first kappa shape index (κ1) is 12.1. The molecule has 2 nitrogen and oxygen atoms in total. The van der Waals surface area contributed by atoms with Crippen molar-refractivity contribution in [2.24, 2.45) is 11.7 Å². The fourth-order valence-electron chi connectivity index (χ4n) is 2.61. The summed E-state index contributed by atoms with van der Waals surface area (Å²) in [4.78, 5) is 5.37. The molecule has 0 aliphatic carbocycles. The third kappa shape index (κ3) is 2.47. The van der Waals surface area contributed by atoms with E-state index in [-0.39, 0.29) is 6.04 Å². The number of rotatable bonds is 3. The summed E-state index contributed by atoms with van der Waals surface area (Å²) >= 11 is 1.89. The van der Waals surface area contributed by atoms with E-state index in [9.17, 15) is 0 Å². The van der Waals surface area contributed by atoms with Crippen molar-refractivity contribution in [3.63, 3.8) is 0 Å². The molecule has 3 unspecified atom stereocenters. The van der Waals surface area contributed by atoms with Crippen LogP contribution in [0.3, 0.4) is 0 Å². The molecular weight excluding hydrogens is 216 g/mol. The van der Waals surface area contributed by atoms with Crippen LogP contribution in [0.15, 0.2) is 12.1 Å². The van der Waals surface area contributed by atoms with E-state index >= 15 is 0 Å². The molecule has 2 N–H and O–H groups in total. The third-order valence-electron chi connectivity index (χ3n) is 3.40. The predicted octanol–water partition coefficient (Wildman–Crippen LogP) is 2.79. The molecule has 3 heteroatoms. The van der Waals surface area contributed by atoms with E-state index < -0.39 is 0 Å². The van der Waals surface area contributed by atoms with Gasteiger partial charge in [-0.15, -0.1) is 11.3 Å². The minimum absolute atomic E-state index is 0.211. The van der Waals surface area contributed by atoms with E-state index in [0.29, 0.717) is 6.04 Å². The molecule has 2 rings (SSSR count). The molecule has 1 saturated heterocycles. The number of hydrogen-bond donors (Lipinski definition) is 1. The van der Waals surface area contributed by atoms with Crippen LogP contribution < -0.4 is 5.73 Å². The Morgan fingerprint density at radius 1 is 1.50 bits per heavy atom. The van der Waals surface area contributed by atoms with Gasteiger partial charge in [-0.3, -0.25) is 4.90 Å². The third-order valence-corrected chi connectivity index (χ3v) is 4.47. The van der Waals surface area contributed by atoms with Crippen molar-refractivity contribution in [3.05, 3.63) is 21.9 Å². The SMILES string of the molecule is Cc1ccc(C(C(C)N)N2CCC(C)C2)s1. The molecule has 3 atom stereocenters. The second kappa shape index (κ2) is 4.86. The molecule has 16 heavy (non-hydrogen) atoms. The highest BCUT2D eigenvalue weighted by atomic mass is 32.1. The van der Waals surface area contributed by atoms with Gasteiger partial charge in [0.2, 0.25) is 0 Å². The van der Waals surface area contributed by atoms with Crippen LogP contribution in [0.25, 0.3) is 0 Å². The van der Waals surface area contributed by atoms with Gasteiger partial charge in [0.1, 0.15) is 0 Å². The first-order valence-corrected chi connectivity index (χ1v) is 6.95. The van der Waals surface area contributed by atoms with E-state index in [2.05, 4.69) is 37.8 Å². The lowest BCUT2D eigenvalue weighted by molar-refractivity contribution is 0.216. The van der Waals surface area contributed by atoms with Gasteiger partial charge in [0, 0.05) is 22.3 Å². The topological polar surface area (TPSA) is 29.3 Å². The van der Waals surface area contributed by atoms with Gasteiger partial charge in [0.15, 0.2) is 0 Å². The minimum Gasteiger partial charge on any atom is -0.326 e. The van der Waals surface area contributed by atoms with Crippen LogP contribution in [0, 0.1) is 12.8 Å². The normalized spacial score (nSPS) is 25.9. The predicted molar refractivity (Wildman–Crippen MR) is 70.8 cm³/mol. The van der Waals surface area contributed by atoms with Crippen molar-refractivity contribution in [2.45, 2.75) is 39.3 Å². The van der Waals surface area contributed by atoms with Crippen LogP contribution in [0.5, 0.6) is 0 Å². The van der Waals surface area contributed by atoms with Crippen molar-refractivity contribution < 1.29 is 0 Å². The van der Waals surface area contributed by atoms with Crippen molar-refractivity contribution >= 4 is 11.3 Å². The Labute approximate surface area is 102 Å². The second-order valence-electron chi connectivity index (χ2n) is 5.14. The number of thiophene rings is 1. The summed E-state index contributed by atoms with van der Waals surface area (Å²) < 4.78 is 0. The maximum absolute atomic E-state index is 6.17. The molecule has 1 aliphatic heterocycles. The lowest BCUT2D eigenvalue weighted by Gasteiger charge is -2.30. The van der Waals surface area contributed by atoms with Gasteiger partial charge in [-0.25, -0.2) is 0 Å². The van der Waals surface area contributed by atoms with Crippen LogP contribution in [-0.2, 0) is 0 Å². The summed E-state index contributed by atoms with van der Waals surface area (Å²) in [6, 6.07) is 5.08. The van der Waals surface area contributed by atoms with Crippen molar-refractivity contribution in [2.75, 3.05) is 13.1 Å². The highest BCUT2D eigenvalue weighted by molar-refractivity contribution is 7.12. The van der Waals surface area contributed by atoms with Gasteiger partial charge in [-0.05, 0) is 44.9 Å². The molecule has 0 amide bonds. The maximum atomic E-state index is 6.17. The van der Waals surface area contributed by atoms with E-state index in [0.717, 1.165) is 5.92 Å². The zero-order chi connectivity index (χ0) is 11.7. The zero-order valence-electron chi connectivity index (χ0n) is 10.4. The first-order chi connectivity index (χ1) is 7.58. The zero-order valence-corrected chi connectivity index (χ0v) is 11.3. The highest BCUT2D eigenvalue weighted by Gasteiger charge is 2.30. The Bertz CT molecular complexity index is 345. The van der Waals surface area contributed by atoms with E-state index in [1.165, 1.54) is 29.3 Å².